The number of aromatic amines is 1. The normalized spacial score (nSPS) is 11.6. The maximum absolute atomic E-state index is 13.3. The number of nitrogens with zero attached hydrogens (tertiary/aromatic N) is 5. The van der Waals surface area contributed by atoms with Crippen LogP contribution in [0, 0.1) is 0 Å². The summed E-state index contributed by atoms with van der Waals surface area (Å²) in [6.07, 6.45) is 4.91. The zero-order chi connectivity index (χ0) is 22.4. The van der Waals surface area contributed by atoms with Crippen LogP contribution in [-0.4, -0.2) is 28.7 Å². The molecule has 0 spiro atoms. The van der Waals surface area contributed by atoms with Crippen LogP contribution in [0.5, 0.6) is 0 Å². The van der Waals surface area contributed by atoms with Gasteiger partial charge in [0.1, 0.15) is 5.82 Å². The number of H-pyrrole nitrogens is 1. The van der Waals surface area contributed by atoms with Gasteiger partial charge >= 0.3 is 5.69 Å². The number of benzene rings is 1. The fourth-order valence-corrected chi connectivity index (χ4v) is 4.32. The quantitative estimate of drug-likeness (QED) is 0.447. The lowest BCUT2D eigenvalue weighted by molar-refractivity contribution is 0.648. The number of aromatic nitrogens is 6. The van der Waals surface area contributed by atoms with Gasteiger partial charge in [-0.05, 0) is 42.3 Å². The molecule has 0 saturated heterocycles. The first-order valence-electron chi connectivity index (χ1n) is 10.2. The number of nitrogens with one attached hydrogen (secondary N) is 1. The van der Waals surface area contributed by atoms with E-state index in [4.69, 9.17) is 11.6 Å². The third kappa shape index (κ3) is 3.33. The van der Waals surface area contributed by atoms with E-state index < -0.39 is 5.69 Å². The summed E-state index contributed by atoms with van der Waals surface area (Å²) in [5.74, 6) is 0.749. The Hall–Kier alpha value is -3.65. The zero-order valence-corrected chi connectivity index (χ0v) is 18.4. The molecule has 0 unspecified atom stereocenters. The van der Waals surface area contributed by atoms with Crippen molar-refractivity contribution in [1.82, 2.24) is 28.7 Å². The minimum absolute atomic E-state index is 0.115. The van der Waals surface area contributed by atoms with Crippen LogP contribution in [0.1, 0.15) is 17.1 Å². The maximum atomic E-state index is 13.3. The van der Waals surface area contributed by atoms with Crippen LogP contribution in [0.15, 0.2) is 58.4 Å². The van der Waals surface area contributed by atoms with Gasteiger partial charge in [0.15, 0.2) is 11.2 Å². The highest BCUT2D eigenvalue weighted by Gasteiger charge is 2.19. The molecule has 0 radical (unpaired) electrons. The van der Waals surface area contributed by atoms with Crippen LogP contribution in [-0.2, 0) is 33.5 Å². The molecule has 5 rings (SSSR count). The van der Waals surface area contributed by atoms with E-state index in [0.29, 0.717) is 22.6 Å². The molecule has 1 aromatic carbocycles. The van der Waals surface area contributed by atoms with E-state index in [0.717, 1.165) is 34.4 Å². The van der Waals surface area contributed by atoms with Gasteiger partial charge in [-0.15, -0.1) is 0 Å². The number of imidazole rings is 1. The smallest absolute Gasteiger partial charge is 0.332 e. The molecule has 4 aromatic heterocycles. The molecule has 0 aliphatic rings. The Morgan fingerprint density at radius 2 is 1.81 bits per heavy atom. The summed E-state index contributed by atoms with van der Waals surface area (Å²) in [5, 5.41) is 1.47. The van der Waals surface area contributed by atoms with Gasteiger partial charge in [0.2, 0.25) is 0 Å². The van der Waals surface area contributed by atoms with E-state index in [1.54, 1.807) is 24.0 Å². The van der Waals surface area contributed by atoms with Crippen molar-refractivity contribution >= 4 is 33.7 Å². The van der Waals surface area contributed by atoms with Gasteiger partial charge in [0, 0.05) is 54.5 Å². The molecule has 4 heterocycles. The van der Waals surface area contributed by atoms with Gasteiger partial charge in [0.25, 0.3) is 5.56 Å². The van der Waals surface area contributed by atoms with Crippen molar-refractivity contribution in [3.05, 3.63) is 91.7 Å². The Morgan fingerprint density at radius 1 is 1.03 bits per heavy atom. The van der Waals surface area contributed by atoms with Crippen molar-refractivity contribution in [1.29, 1.82) is 0 Å². The van der Waals surface area contributed by atoms with E-state index in [1.807, 2.05) is 43.4 Å². The summed E-state index contributed by atoms with van der Waals surface area (Å²) in [5.41, 5.74) is 2.75. The third-order valence-corrected chi connectivity index (χ3v) is 6.16. The first-order valence-corrected chi connectivity index (χ1v) is 10.6. The molecule has 1 N–H and O–H groups in total. The van der Waals surface area contributed by atoms with Gasteiger partial charge in [-0.1, -0.05) is 17.7 Å². The number of aryl methyl sites for hydroxylation is 4. The van der Waals surface area contributed by atoms with E-state index in [9.17, 15) is 9.59 Å². The first-order chi connectivity index (χ1) is 15.4. The van der Waals surface area contributed by atoms with Crippen LogP contribution < -0.4 is 11.2 Å². The Morgan fingerprint density at radius 3 is 2.56 bits per heavy atom. The summed E-state index contributed by atoms with van der Waals surface area (Å²) >= 11 is 6.27. The molecule has 162 valence electrons. The summed E-state index contributed by atoms with van der Waals surface area (Å²) in [4.78, 5) is 38.3. The molecule has 5 aromatic rings. The predicted molar refractivity (Wildman–Crippen MR) is 124 cm³/mol. The first kappa shape index (κ1) is 20.3. The monoisotopic (exact) mass is 448 g/mol. The highest BCUT2D eigenvalue weighted by Crippen LogP contribution is 2.24. The fourth-order valence-electron chi connectivity index (χ4n) is 4.09. The van der Waals surface area contributed by atoms with Gasteiger partial charge < -0.3 is 9.55 Å². The highest BCUT2D eigenvalue weighted by molar-refractivity contribution is 6.35. The van der Waals surface area contributed by atoms with Crippen molar-refractivity contribution in [2.45, 2.75) is 19.4 Å². The SMILES string of the molecule is Cn1c(CCc2ccncc2)nc2c1c(=O)n(Cc1cc3c(Cl)cccc3[nH]1)c(=O)n2C. The zero-order valence-electron chi connectivity index (χ0n) is 17.7. The Bertz CT molecular complexity index is 1580. The van der Waals surface area contributed by atoms with E-state index in [2.05, 4.69) is 15.0 Å². The van der Waals surface area contributed by atoms with Gasteiger partial charge in [-0.3, -0.25) is 18.9 Å². The topological polar surface area (TPSA) is 90.5 Å². The second-order valence-electron chi connectivity index (χ2n) is 7.84. The minimum atomic E-state index is -0.411. The number of hydrogen-bond donors (Lipinski definition) is 1. The number of halogens is 1. The van der Waals surface area contributed by atoms with Crippen LogP contribution >= 0.6 is 11.6 Å². The number of pyridine rings is 1. The third-order valence-electron chi connectivity index (χ3n) is 5.83. The maximum Gasteiger partial charge on any atom is 0.332 e. The summed E-state index contributed by atoms with van der Waals surface area (Å²) in [6, 6.07) is 11.4. The fraction of sp³-hybridized carbons (Fsp3) is 0.217. The molecule has 0 bridgehead atoms. The molecule has 32 heavy (non-hydrogen) atoms. The molecule has 0 atom stereocenters. The molecule has 0 fully saturated rings. The standard InChI is InChI=1S/C23H21ClN6O2/c1-28-19(7-6-14-8-10-25-11-9-14)27-21-20(28)22(31)30(23(32)29(21)2)13-15-12-16-17(24)4-3-5-18(16)26-15/h3-5,8-12,26H,6-7,13H2,1-2H3. The van der Waals surface area contributed by atoms with E-state index >= 15 is 0 Å². The molecular weight excluding hydrogens is 428 g/mol. The minimum Gasteiger partial charge on any atom is -0.357 e. The molecule has 9 heteroatoms. The summed E-state index contributed by atoms with van der Waals surface area (Å²) in [6.45, 7) is 0.115. The lowest BCUT2D eigenvalue weighted by atomic mass is 10.1. The van der Waals surface area contributed by atoms with E-state index in [-0.39, 0.29) is 12.1 Å². The van der Waals surface area contributed by atoms with Crippen LogP contribution in [0.25, 0.3) is 22.1 Å². The van der Waals surface area contributed by atoms with E-state index in [1.165, 1.54) is 9.13 Å². The van der Waals surface area contributed by atoms with Crippen molar-refractivity contribution in [2.24, 2.45) is 14.1 Å². The van der Waals surface area contributed by atoms with Gasteiger partial charge in [-0.25, -0.2) is 9.78 Å². The number of hydrogen-bond acceptors (Lipinski definition) is 4. The molecule has 0 amide bonds. The second-order valence-corrected chi connectivity index (χ2v) is 8.25. The van der Waals surface area contributed by atoms with Crippen molar-refractivity contribution in [3.8, 4) is 0 Å². The Labute approximate surface area is 187 Å². The lowest BCUT2D eigenvalue weighted by Crippen LogP contribution is -2.39. The molecule has 0 aliphatic carbocycles. The largest absolute Gasteiger partial charge is 0.357 e. The molecule has 8 nitrogen and oxygen atoms in total. The predicted octanol–water partition coefficient (Wildman–Crippen LogP) is 2.80. The number of fused-ring (bicyclic) bond motifs is 2. The molecular formula is C23H21ClN6O2. The molecule has 0 saturated carbocycles. The highest BCUT2D eigenvalue weighted by atomic mass is 35.5. The van der Waals surface area contributed by atoms with Crippen molar-refractivity contribution in [3.63, 3.8) is 0 Å². The average Bonchev–Trinajstić information content (AvgIpc) is 3.36. The van der Waals surface area contributed by atoms with Crippen LogP contribution in [0.3, 0.4) is 0 Å². The Kier molecular flexibility index (Phi) is 4.94. The van der Waals surface area contributed by atoms with Crippen molar-refractivity contribution < 1.29 is 0 Å². The van der Waals surface area contributed by atoms with Crippen molar-refractivity contribution in [2.75, 3.05) is 0 Å². The second kappa shape index (κ2) is 7.80. The molecule has 0 aliphatic heterocycles. The van der Waals surface area contributed by atoms with Crippen LogP contribution in [0.2, 0.25) is 5.02 Å². The summed E-state index contributed by atoms with van der Waals surface area (Å²) < 4.78 is 4.45. The average molecular weight is 449 g/mol. The van der Waals surface area contributed by atoms with Gasteiger partial charge in [-0.2, -0.15) is 0 Å². The number of rotatable bonds is 5. The Balaban J connectivity index is 1.56. The lowest BCUT2D eigenvalue weighted by Gasteiger charge is -2.08. The van der Waals surface area contributed by atoms with Gasteiger partial charge in [0.05, 0.1) is 6.54 Å². The summed E-state index contributed by atoms with van der Waals surface area (Å²) in [7, 11) is 3.46. The van der Waals surface area contributed by atoms with Crippen LogP contribution in [0.4, 0.5) is 0 Å².